The predicted molar refractivity (Wildman–Crippen MR) is 185 cm³/mol. The highest BCUT2D eigenvalue weighted by Crippen LogP contribution is 2.48. The van der Waals surface area contributed by atoms with Crippen LogP contribution < -0.4 is 4.90 Å². The lowest BCUT2D eigenvalue weighted by atomic mass is 9.95. The van der Waals surface area contributed by atoms with Gasteiger partial charge in [0.2, 0.25) is 0 Å². The van der Waals surface area contributed by atoms with Gasteiger partial charge in [0, 0.05) is 22.2 Å². The van der Waals surface area contributed by atoms with E-state index in [9.17, 15) is 0 Å². The van der Waals surface area contributed by atoms with Crippen LogP contribution in [0, 0.1) is 0 Å². The van der Waals surface area contributed by atoms with Gasteiger partial charge in [-0.1, -0.05) is 133 Å². The largest absolute Gasteiger partial charge is 0.455 e. The Morgan fingerprint density at radius 1 is 0.386 bits per heavy atom. The number of hydrogen-bond donors (Lipinski definition) is 0. The van der Waals surface area contributed by atoms with Crippen LogP contribution >= 0.6 is 0 Å². The minimum Gasteiger partial charge on any atom is -0.455 e. The lowest BCUT2D eigenvalue weighted by Crippen LogP contribution is -2.12. The van der Waals surface area contributed by atoms with Crippen molar-refractivity contribution < 1.29 is 4.42 Å². The van der Waals surface area contributed by atoms with E-state index >= 15 is 0 Å². The first-order valence-corrected chi connectivity index (χ1v) is 14.9. The Morgan fingerprint density at radius 2 is 0.932 bits per heavy atom. The Balaban J connectivity index is 1.44. The van der Waals surface area contributed by atoms with Crippen LogP contribution in [0.2, 0.25) is 0 Å². The van der Waals surface area contributed by atoms with Crippen LogP contribution in [0.1, 0.15) is 0 Å². The number of nitrogens with zero attached hydrogens (tertiary/aromatic N) is 1. The molecule has 208 valence electrons. The van der Waals surface area contributed by atoms with Gasteiger partial charge in [0.1, 0.15) is 11.2 Å². The maximum absolute atomic E-state index is 6.67. The molecule has 0 aliphatic heterocycles. The molecule has 0 fully saturated rings. The summed E-state index contributed by atoms with van der Waals surface area (Å²) in [6, 6.07) is 62.0. The van der Waals surface area contributed by atoms with E-state index in [1.807, 2.05) is 6.07 Å². The van der Waals surface area contributed by atoms with Gasteiger partial charge in [-0.3, -0.25) is 0 Å². The Morgan fingerprint density at radius 3 is 1.61 bits per heavy atom. The summed E-state index contributed by atoms with van der Waals surface area (Å²) in [6.07, 6.45) is 0. The summed E-state index contributed by atoms with van der Waals surface area (Å²) in [5.74, 6) is 0. The third-order valence-electron chi connectivity index (χ3n) is 8.27. The molecule has 0 aliphatic carbocycles. The number of para-hydroxylation sites is 2. The molecule has 7 aromatic carbocycles. The highest BCUT2D eigenvalue weighted by molar-refractivity contribution is 6.17. The van der Waals surface area contributed by atoms with Crippen LogP contribution in [-0.2, 0) is 0 Å². The minimum atomic E-state index is 0.878. The molecule has 0 bridgehead atoms. The highest BCUT2D eigenvalue weighted by Gasteiger charge is 2.24. The molecule has 0 saturated carbocycles. The molecule has 2 heteroatoms. The lowest BCUT2D eigenvalue weighted by Gasteiger charge is -2.29. The Hall–Kier alpha value is -5.86. The average molecular weight is 564 g/mol. The summed E-state index contributed by atoms with van der Waals surface area (Å²) in [5, 5.41) is 2.19. The van der Waals surface area contributed by atoms with Gasteiger partial charge in [0.05, 0.1) is 16.8 Å². The third kappa shape index (κ3) is 4.54. The van der Waals surface area contributed by atoms with Gasteiger partial charge >= 0.3 is 0 Å². The monoisotopic (exact) mass is 563 g/mol. The van der Waals surface area contributed by atoms with E-state index < -0.39 is 0 Å². The standard InChI is InChI=1S/C42H29NO/c1-5-15-30(16-6-1)33-25-27-38(37(29-33)32-19-9-3-10-20-32)43(34-21-11-4-12-22-34)39-28-26-35(31-17-7-2-8-18-31)42-41(39)36-23-13-14-24-40(36)44-42/h1-29H. The SMILES string of the molecule is c1ccc(-c2ccc(N(c3ccccc3)c3ccc(-c4ccccc4)c4oc5ccccc5c34)c(-c3ccccc3)c2)cc1. The van der Waals surface area contributed by atoms with Crippen LogP contribution in [0.3, 0.4) is 0 Å². The van der Waals surface area contributed by atoms with Gasteiger partial charge in [0.25, 0.3) is 0 Å². The minimum absolute atomic E-state index is 0.878. The number of furan rings is 1. The van der Waals surface area contributed by atoms with Crippen molar-refractivity contribution in [2.24, 2.45) is 0 Å². The predicted octanol–water partition coefficient (Wildman–Crippen LogP) is 12.1. The second-order valence-electron chi connectivity index (χ2n) is 10.9. The zero-order chi connectivity index (χ0) is 29.3. The van der Waals surface area contributed by atoms with Crippen molar-refractivity contribution in [3.63, 3.8) is 0 Å². The molecular weight excluding hydrogens is 534 g/mol. The van der Waals surface area contributed by atoms with E-state index in [2.05, 4.69) is 175 Å². The van der Waals surface area contributed by atoms with E-state index in [4.69, 9.17) is 4.42 Å². The van der Waals surface area contributed by atoms with Crippen LogP contribution in [0.15, 0.2) is 180 Å². The van der Waals surface area contributed by atoms with Crippen LogP contribution in [0.25, 0.3) is 55.3 Å². The summed E-state index contributed by atoms with van der Waals surface area (Å²) in [6.45, 7) is 0. The lowest BCUT2D eigenvalue weighted by molar-refractivity contribution is 0.670. The van der Waals surface area contributed by atoms with E-state index in [1.54, 1.807) is 0 Å². The molecule has 0 N–H and O–H groups in total. The number of benzene rings is 7. The molecule has 1 aromatic heterocycles. The molecule has 2 nitrogen and oxygen atoms in total. The van der Waals surface area contributed by atoms with E-state index in [1.165, 1.54) is 11.1 Å². The van der Waals surface area contributed by atoms with Crippen LogP contribution in [0.4, 0.5) is 17.1 Å². The van der Waals surface area contributed by atoms with Crippen molar-refractivity contribution in [3.05, 3.63) is 176 Å². The van der Waals surface area contributed by atoms with Crippen molar-refractivity contribution in [1.29, 1.82) is 0 Å². The summed E-state index contributed by atoms with van der Waals surface area (Å²) < 4.78 is 6.67. The highest BCUT2D eigenvalue weighted by atomic mass is 16.3. The molecular formula is C42H29NO. The Kier molecular flexibility index (Phi) is 6.51. The Bertz CT molecular complexity index is 2200. The van der Waals surface area contributed by atoms with Crippen molar-refractivity contribution in [2.75, 3.05) is 4.90 Å². The van der Waals surface area contributed by atoms with Crippen molar-refractivity contribution in [2.45, 2.75) is 0 Å². The molecule has 0 radical (unpaired) electrons. The third-order valence-corrected chi connectivity index (χ3v) is 8.27. The Labute approximate surface area is 257 Å². The van der Waals surface area contributed by atoms with E-state index in [0.717, 1.165) is 61.3 Å². The summed E-state index contributed by atoms with van der Waals surface area (Å²) in [7, 11) is 0. The molecule has 44 heavy (non-hydrogen) atoms. The molecule has 8 rings (SSSR count). The summed E-state index contributed by atoms with van der Waals surface area (Å²) in [4.78, 5) is 2.39. The quantitative estimate of drug-likeness (QED) is 0.200. The van der Waals surface area contributed by atoms with Crippen molar-refractivity contribution >= 4 is 39.0 Å². The molecule has 0 spiro atoms. The first-order chi connectivity index (χ1) is 21.8. The summed E-state index contributed by atoms with van der Waals surface area (Å²) in [5.41, 5.74) is 11.9. The normalized spacial score (nSPS) is 11.2. The molecule has 0 saturated heterocycles. The van der Waals surface area contributed by atoms with Gasteiger partial charge in [-0.2, -0.15) is 0 Å². The number of anilines is 3. The van der Waals surface area contributed by atoms with Gasteiger partial charge in [-0.15, -0.1) is 0 Å². The number of rotatable bonds is 6. The van der Waals surface area contributed by atoms with E-state index in [0.29, 0.717) is 0 Å². The molecule has 0 aliphatic rings. The fraction of sp³-hybridized carbons (Fsp3) is 0. The van der Waals surface area contributed by atoms with E-state index in [-0.39, 0.29) is 0 Å². The first kappa shape index (κ1) is 25.8. The van der Waals surface area contributed by atoms with Gasteiger partial charge in [-0.05, 0) is 64.7 Å². The molecule has 8 aromatic rings. The van der Waals surface area contributed by atoms with Gasteiger partial charge in [0.15, 0.2) is 0 Å². The van der Waals surface area contributed by atoms with Crippen molar-refractivity contribution in [1.82, 2.24) is 0 Å². The maximum atomic E-state index is 6.67. The summed E-state index contributed by atoms with van der Waals surface area (Å²) >= 11 is 0. The van der Waals surface area contributed by atoms with Crippen molar-refractivity contribution in [3.8, 4) is 33.4 Å². The molecule has 0 amide bonds. The number of fused-ring (bicyclic) bond motifs is 3. The van der Waals surface area contributed by atoms with Crippen LogP contribution in [0.5, 0.6) is 0 Å². The topological polar surface area (TPSA) is 16.4 Å². The smallest absolute Gasteiger partial charge is 0.145 e. The zero-order valence-corrected chi connectivity index (χ0v) is 24.1. The van der Waals surface area contributed by atoms with Gasteiger partial charge < -0.3 is 9.32 Å². The maximum Gasteiger partial charge on any atom is 0.145 e. The van der Waals surface area contributed by atoms with Gasteiger partial charge in [-0.25, -0.2) is 0 Å². The van der Waals surface area contributed by atoms with Crippen LogP contribution in [-0.4, -0.2) is 0 Å². The zero-order valence-electron chi connectivity index (χ0n) is 24.1. The molecule has 1 heterocycles. The second kappa shape index (κ2) is 11.1. The first-order valence-electron chi connectivity index (χ1n) is 14.9. The fourth-order valence-electron chi connectivity index (χ4n) is 6.22. The fourth-order valence-corrected chi connectivity index (χ4v) is 6.22. The molecule has 0 unspecified atom stereocenters. The number of hydrogen-bond acceptors (Lipinski definition) is 2. The second-order valence-corrected chi connectivity index (χ2v) is 10.9. The molecule has 0 atom stereocenters. The average Bonchev–Trinajstić information content (AvgIpc) is 3.50.